The molecule has 2 saturated heterocycles. The van der Waals surface area contributed by atoms with Crippen molar-refractivity contribution >= 4 is 0 Å². The smallest absolute Gasteiger partial charge is 0.0195 e. The maximum absolute atomic E-state index is 3.66. The highest BCUT2D eigenvalue weighted by atomic mass is 15.3. The van der Waals surface area contributed by atoms with Gasteiger partial charge < -0.3 is 10.2 Å². The second-order valence-corrected chi connectivity index (χ2v) is 5.64. The Morgan fingerprint density at radius 2 is 1.82 bits per heavy atom. The Morgan fingerprint density at radius 1 is 1.06 bits per heavy atom. The van der Waals surface area contributed by atoms with E-state index < -0.39 is 0 Å². The topological polar surface area (TPSA) is 18.5 Å². The van der Waals surface area contributed by atoms with Crippen LogP contribution >= 0.6 is 0 Å². The van der Waals surface area contributed by atoms with Gasteiger partial charge in [0, 0.05) is 38.8 Å². The van der Waals surface area contributed by atoms with Crippen molar-refractivity contribution in [2.24, 2.45) is 0 Å². The fraction of sp³-hybridized carbons (Fsp3) is 1.00. The molecule has 0 aliphatic carbocycles. The van der Waals surface area contributed by atoms with Crippen LogP contribution in [0.3, 0.4) is 0 Å². The van der Waals surface area contributed by atoms with Crippen LogP contribution in [-0.4, -0.2) is 61.7 Å². The summed E-state index contributed by atoms with van der Waals surface area (Å²) in [5.74, 6) is 0. The molecule has 3 heteroatoms. The van der Waals surface area contributed by atoms with Crippen LogP contribution in [0.25, 0.3) is 0 Å². The molecule has 0 aromatic rings. The van der Waals surface area contributed by atoms with Crippen LogP contribution < -0.4 is 5.32 Å². The zero-order valence-electron chi connectivity index (χ0n) is 11.5. The maximum Gasteiger partial charge on any atom is 0.0195 e. The second-order valence-electron chi connectivity index (χ2n) is 5.64. The lowest BCUT2D eigenvalue weighted by Crippen LogP contribution is -2.51. The molecular formula is C14H29N3. The first-order valence-electron chi connectivity index (χ1n) is 7.56. The minimum atomic E-state index is 0.769. The van der Waals surface area contributed by atoms with E-state index in [1.807, 2.05) is 0 Å². The highest BCUT2D eigenvalue weighted by Crippen LogP contribution is 2.10. The first-order chi connectivity index (χ1) is 8.38. The molecule has 0 spiro atoms. The summed E-state index contributed by atoms with van der Waals surface area (Å²) < 4.78 is 0. The molecule has 2 aliphatic rings. The van der Waals surface area contributed by atoms with Gasteiger partial charge >= 0.3 is 0 Å². The van der Waals surface area contributed by atoms with Crippen molar-refractivity contribution in [3.8, 4) is 0 Å². The van der Waals surface area contributed by atoms with Crippen LogP contribution in [0.2, 0.25) is 0 Å². The van der Waals surface area contributed by atoms with E-state index in [4.69, 9.17) is 0 Å². The molecular weight excluding hydrogens is 210 g/mol. The van der Waals surface area contributed by atoms with Crippen molar-refractivity contribution in [2.45, 2.75) is 45.1 Å². The van der Waals surface area contributed by atoms with Crippen LogP contribution in [0, 0.1) is 0 Å². The van der Waals surface area contributed by atoms with E-state index >= 15 is 0 Å². The summed E-state index contributed by atoms with van der Waals surface area (Å²) in [6.07, 6.45) is 6.88. The number of nitrogens with zero attached hydrogens (tertiary/aromatic N) is 2. The van der Waals surface area contributed by atoms with E-state index in [2.05, 4.69) is 22.0 Å². The van der Waals surface area contributed by atoms with Gasteiger partial charge in [0.1, 0.15) is 0 Å². The average Bonchev–Trinajstić information content (AvgIpc) is 2.39. The van der Waals surface area contributed by atoms with Crippen molar-refractivity contribution in [1.82, 2.24) is 15.1 Å². The molecule has 0 bridgehead atoms. The Labute approximate surface area is 107 Å². The van der Waals surface area contributed by atoms with Crippen molar-refractivity contribution in [3.63, 3.8) is 0 Å². The van der Waals surface area contributed by atoms with Crippen molar-refractivity contribution < 1.29 is 0 Å². The van der Waals surface area contributed by atoms with E-state index in [9.17, 15) is 0 Å². The van der Waals surface area contributed by atoms with Crippen molar-refractivity contribution in [3.05, 3.63) is 0 Å². The lowest BCUT2D eigenvalue weighted by molar-refractivity contribution is 0.118. The van der Waals surface area contributed by atoms with Crippen LogP contribution in [0.15, 0.2) is 0 Å². The molecule has 0 aromatic carbocycles. The molecule has 17 heavy (non-hydrogen) atoms. The predicted octanol–water partition coefficient (Wildman–Crippen LogP) is 1.55. The molecule has 3 nitrogen and oxygen atoms in total. The van der Waals surface area contributed by atoms with Gasteiger partial charge in [-0.1, -0.05) is 19.8 Å². The van der Waals surface area contributed by atoms with Crippen molar-refractivity contribution in [1.29, 1.82) is 0 Å². The van der Waals surface area contributed by atoms with Crippen LogP contribution in [0.1, 0.15) is 39.0 Å². The van der Waals surface area contributed by atoms with Gasteiger partial charge in [0.25, 0.3) is 0 Å². The zero-order chi connectivity index (χ0) is 11.9. The fourth-order valence-corrected chi connectivity index (χ4v) is 2.97. The quantitative estimate of drug-likeness (QED) is 0.785. The number of rotatable bonds is 5. The normalized spacial score (nSPS) is 28.4. The molecule has 1 atom stereocenters. The minimum absolute atomic E-state index is 0.769. The molecule has 2 aliphatic heterocycles. The summed E-state index contributed by atoms with van der Waals surface area (Å²) in [5.41, 5.74) is 0. The minimum Gasteiger partial charge on any atom is -0.313 e. The van der Waals surface area contributed by atoms with Gasteiger partial charge in [-0.25, -0.2) is 0 Å². The molecule has 2 rings (SSSR count). The lowest BCUT2D eigenvalue weighted by Gasteiger charge is -2.37. The Bertz CT molecular complexity index is 194. The SMILES string of the molecule is CCCCN1CCN(C[C@@H]2CCCCN2)CC1. The molecule has 100 valence electrons. The van der Waals surface area contributed by atoms with Crippen molar-refractivity contribution in [2.75, 3.05) is 45.8 Å². The lowest BCUT2D eigenvalue weighted by atomic mass is 10.0. The third-order valence-corrected chi connectivity index (χ3v) is 4.18. The van der Waals surface area contributed by atoms with E-state index in [0.29, 0.717) is 0 Å². The third kappa shape index (κ3) is 4.57. The summed E-state index contributed by atoms with van der Waals surface area (Å²) in [4.78, 5) is 5.29. The van der Waals surface area contributed by atoms with Gasteiger partial charge in [0.2, 0.25) is 0 Å². The van der Waals surface area contributed by atoms with E-state index in [1.165, 1.54) is 77.9 Å². The Kier molecular flexibility index (Phi) is 5.75. The number of unbranched alkanes of at least 4 members (excludes halogenated alkanes) is 1. The Balaban J connectivity index is 1.61. The molecule has 2 heterocycles. The van der Waals surface area contributed by atoms with Gasteiger partial charge in [0.15, 0.2) is 0 Å². The predicted molar refractivity (Wildman–Crippen MR) is 73.4 cm³/mol. The Hall–Kier alpha value is -0.120. The number of nitrogens with one attached hydrogen (secondary N) is 1. The van der Waals surface area contributed by atoms with Gasteiger partial charge in [-0.05, 0) is 32.4 Å². The standard InChI is InChI=1S/C14H29N3/c1-2-3-8-16-9-11-17(12-10-16)13-14-6-4-5-7-15-14/h14-15H,2-13H2,1H3/t14-/m0/s1. The largest absolute Gasteiger partial charge is 0.313 e. The third-order valence-electron chi connectivity index (χ3n) is 4.18. The number of hydrogen-bond donors (Lipinski definition) is 1. The maximum atomic E-state index is 3.66. The first kappa shape index (κ1) is 13.3. The summed E-state index contributed by atoms with van der Waals surface area (Å²) >= 11 is 0. The summed E-state index contributed by atoms with van der Waals surface area (Å²) in [6.45, 7) is 11.2. The molecule has 2 fully saturated rings. The molecule has 0 saturated carbocycles. The van der Waals surface area contributed by atoms with E-state index in [1.54, 1.807) is 0 Å². The first-order valence-corrected chi connectivity index (χ1v) is 7.56. The molecule has 0 radical (unpaired) electrons. The summed E-state index contributed by atoms with van der Waals surface area (Å²) in [5, 5.41) is 3.66. The second kappa shape index (κ2) is 7.34. The van der Waals surface area contributed by atoms with E-state index in [-0.39, 0.29) is 0 Å². The zero-order valence-corrected chi connectivity index (χ0v) is 11.5. The Morgan fingerprint density at radius 3 is 2.47 bits per heavy atom. The molecule has 0 aromatic heterocycles. The molecule has 1 N–H and O–H groups in total. The highest BCUT2D eigenvalue weighted by molar-refractivity contribution is 4.79. The van der Waals surface area contributed by atoms with Gasteiger partial charge in [0.05, 0.1) is 0 Å². The summed E-state index contributed by atoms with van der Waals surface area (Å²) in [7, 11) is 0. The highest BCUT2D eigenvalue weighted by Gasteiger charge is 2.20. The van der Waals surface area contributed by atoms with Gasteiger partial charge in [-0.2, -0.15) is 0 Å². The van der Waals surface area contributed by atoms with Gasteiger partial charge in [-0.3, -0.25) is 4.90 Å². The molecule has 0 unspecified atom stereocenters. The number of piperidine rings is 1. The van der Waals surface area contributed by atoms with Crippen LogP contribution in [0.4, 0.5) is 0 Å². The fourth-order valence-electron chi connectivity index (χ4n) is 2.97. The molecule has 0 amide bonds. The van der Waals surface area contributed by atoms with Crippen LogP contribution in [-0.2, 0) is 0 Å². The number of piperazine rings is 1. The monoisotopic (exact) mass is 239 g/mol. The van der Waals surface area contributed by atoms with Crippen LogP contribution in [0.5, 0.6) is 0 Å². The average molecular weight is 239 g/mol. The van der Waals surface area contributed by atoms with E-state index in [0.717, 1.165) is 6.04 Å². The summed E-state index contributed by atoms with van der Waals surface area (Å²) in [6, 6.07) is 0.769. The number of hydrogen-bond acceptors (Lipinski definition) is 3. The van der Waals surface area contributed by atoms with Gasteiger partial charge in [-0.15, -0.1) is 0 Å².